The number of H-pyrrole nitrogens is 2. The molecular weight excluding hydrogens is 358 g/mol. The average molecular weight is 371 g/mol. The molecule has 4 aromatic rings. The lowest BCUT2D eigenvalue weighted by molar-refractivity contribution is -0.115. The summed E-state index contributed by atoms with van der Waals surface area (Å²) in [7, 11) is 0. The highest BCUT2D eigenvalue weighted by Crippen LogP contribution is 2.27. The van der Waals surface area contributed by atoms with E-state index in [4.69, 9.17) is 8.83 Å². The number of hydrogen-bond acceptors (Lipinski definition) is 7. The van der Waals surface area contributed by atoms with Gasteiger partial charge in [0.25, 0.3) is 11.1 Å². The van der Waals surface area contributed by atoms with Crippen LogP contribution in [0.4, 0.5) is 5.69 Å². The molecule has 26 heavy (non-hydrogen) atoms. The Kier molecular flexibility index (Phi) is 4.09. The highest BCUT2D eigenvalue weighted by Gasteiger charge is 2.19. The van der Waals surface area contributed by atoms with Crippen LogP contribution < -0.4 is 11.0 Å². The van der Waals surface area contributed by atoms with Crippen molar-refractivity contribution in [3.05, 3.63) is 47.1 Å². The largest absolute Gasteiger partial charge is 0.459 e. The third kappa shape index (κ3) is 3.26. The maximum Gasteiger partial charge on any atom is 0.323 e. The number of aromatic nitrogens is 4. The molecule has 0 spiro atoms. The maximum absolute atomic E-state index is 12.4. The van der Waals surface area contributed by atoms with E-state index in [-0.39, 0.29) is 22.7 Å². The summed E-state index contributed by atoms with van der Waals surface area (Å²) < 4.78 is 10.7. The van der Waals surface area contributed by atoms with Gasteiger partial charge in [-0.15, -0.1) is 10.2 Å². The first-order valence-electron chi connectivity index (χ1n) is 7.65. The third-order valence-corrected chi connectivity index (χ3v) is 4.50. The number of thioether (sulfide) groups is 1. The fraction of sp³-hybridized carbons (Fsp3) is 0.125. The first kappa shape index (κ1) is 16.2. The minimum absolute atomic E-state index is 0.231. The van der Waals surface area contributed by atoms with Crippen molar-refractivity contribution < 1.29 is 13.6 Å². The van der Waals surface area contributed by atoms with Crippen molar-refractivity contribution in [2.24, 2.45) is 0 Å². The molecule has 1 aromatic carbocycles. The van der Waals surface area contributed by atoms with Gasteiger partial charge >= 0.3 is 5.69 Å². The predicted molar refractivity (Wildman–Crippen MR) is 94.9 cm³/mol. The van der Waals surface area contributed by atoms with Crippen molar-refractivity contribution in [1.29, 1.82) is 0 Å². The van der Waals surface area contributed by atoms with Gasteiger partial charge in [-0.05, 0) is 37.3 Å². The molecule has 3 heterocycles. The van der Waals surface area contributed by atoms with Gasteiger partial charge in [0.05, 0.1) is 22.5 Å². The van der Waals surface area contributed by atoms with Crippen molar-refractivity contribution in [2.75, 3.05) is 5.32 Å². The van der Waals surface area contributed by atoms with Crippen molar-refractivity contribution in [2.45, 2.75) is 17.4 Å². The number of aromatic amines is 2. The van der Waals surface area contributed by atoms with Gasteiger partial charge in [0.1, 0.15) is 0 Å². The predicted octanol–water partition coefficient (Wildman–Crippen LogP) is 2.62. The van der Waals surface area contributed by atoms with Crippen molar-refractivity contribution >= 4 is 34.4 Å². The lowest BCUT2D eigenvalue weighted by atomic mass is 10.2. The Balaban J connectivity index is 1.43. The van der Waals surface area contributed by atoms with E-state index in [1.165, 1.54) is 6.26 Å². The molecule has 0 unspecified atom stereocenters. The second-order valence-corrected chi connectivity index (χ2v) is 6.73. The monoisotopic (exact) mass is 371 g/mol. The van der Waals surface area contributed by atoms with Gasteiger partial charge in [0.2, 0.25) is 5.91 Å². The van der Waals surface area contributed by atoms with Crippen LogP contribution in [-0.2, 0) is 4.79 Å². The van der Waals surface area contributed by atoms with Crippen LogP contribution in [0.5, 0.6) is 0 Å². The van der Waals surface area contributed by atoms with Crippen molar-refractivity contribution in [3.63, 3.8) is 0 Å². The van der Waals surface area contributed by atoms with E-state index in [0.29, 0.717) is 22.5 Å². The number of carbonyl (C=O) groups excluding carboxylic acids is 1. The summed E-state index contributed by atoms with van der Waals surface area (Å²) in [6, 6.07) is 8.54. The van der Waals surface area contributed by atoms with Crippen LogP contribution in [0.2, 0.25) is 0 Å². The minimum Gasteiger partial charge on any atom is -0.459 e. The average Bonchev–Trinajstić information content (AvgIpc) is 3.33. The minimum atomic E-state index is -0.471. The van der Waals surface area contributed by atoms with E-state index < -0.39 is 5.25 Å². The van der Waals surface area contributed by atoms with Crippen molar-refractivity contribution in [3.8, 4) is 11.7 Å². The summed E-state index contributed by atoms with van der Waals surface area (Å²) in [6.07, 6.45) is 1.51. The molecule has 0 aliphatic rings. The Morgan fingerprint density at radius 2 is 2.08 bits per heavy atom. The van der Waals surface area contributed by atoms with E-state index in [9.17, 15) is 9.59 Å². The van der Waals surface area contributed by atoms with Gasteiger partial charge in [-0.3, -0.25) is 4.79 Å². The Morgan fingerprint density at radius 3 is 2.88 bits per heavy atom. The molecular formula is C16H13N5O4S. The fourth-order valence-corrected chi connectivity index (χ4v) is 3.00. The smallest absolute Gasteiger partial charge is 0.323 e. The molecule has 0 fully saturated rings. The van der Waals surface area contributed by atoms with Gasteiger partial charge in [-0.1, -0.05) is 11.8 Å². The molecule has 0 bridgehead atoms. The van der Waals surface area contributed by atoms with Gasteiger partial charge in [-0.25, -0.2) is 4.79 Å². The number of nitrogens with one attached hydrogen (secondary N) is 3. The summed E-state index contributed by atoms with van der Waals surface area (Å²) in [5.74, 6) is 0.493. The topological polar surface area (TPSA) is 130 Å². The van der Waals surface area contributed by atoms with E-state index in [2.05, 4.69) is 25.5 Å². The Morgan fingerprint density at radius 1 is 1.23 bits per heavy atom. The number of benzene rings is 1. The number of nitrogens with zero attached hydrogens (tertiary/aromatic N) is 2. The molecule has 0 aliphatic heterocycles. The van der Waals surface area contributed by atoms with Crippen LogP contribution >= 0.6 is 11.8 Å². The summed E-state index contributed by atoms with van der Waals surface area (Å²) in [4.78, 5) is 29.0. The zero-order valence-electron chi connectivity index (χ0n) is 13.5. The second-order valence-electron chi connectivity index (χ2n) is 5.44. The Labute approximate surface area is 150 Å². The fourth-order valence-electron chi connectivity index (χ4n) is 2.32. The van der Waals surface area contributed by atoms with E-state index in [1.807, 2.05) is 0 Å². The Hall–Kier alpha value is -3.27. The number of amides is 1. The molecule has 1 atom stereocenters. The van der Waals surface area contributed by atoms with E-state index >= 15 is 0 Å². The van der Waals surface area contributed by atoms with Crippen LogP contribution in [0.3, 0.4) is 0 Å². The first-order chi connectivity index (χ1) is 12.6. The number of fused-ring (bicyclic) bond motifs is 1. The normalized spacial score (nSPS) is 12.3. The van der Waals surface area contributed by atoms with E-state index in [1.54, 1.807) is 37.3 Å². The molecule has 132 valence electrons. The molecule has 0 radical (unpaired) electrons. The molecule has 9 nitrogen and oxygen atoms in total. The summed E-state index contributed by atoms with van der Waals surface area (Å²) >= 11 is 1.14. The molecule has 3 N–H and O–H groups in total. The number of rotatable bonds is 5. The number of imidazole rings is 1. The van der Waals surface area contributed by atoms with Crippen LogP contribution in [0.15, 0.2) is 55.4 Å². The molecule has 4 rings (SSSR count). The molecule has 3 aromatic heterocycles. The van der Waals surface area contributed by atoms with Crippen molar-refractivity contribution in [1.82, 2.24) is 20.2 Å². The van der Waals surface area contributed by atoms with Crippen LogP contribution in [0.1, 0.15) is 6.92 Å². The quantitative estimate of drug-likeness (QED) is 0.460. The third-order valence-electron chi connectivity index (χ3n) is 3.57. The second kappa shape index (κ2) is 6.56. The van der Waals surface area contributed by atoms with Gasteiger partial charge in [0.15, 0.2) is 5.76 Å². The number of furan rings is 1. The van der Waals surface area contributed by atoms with Crippen LogP contribution in [0, 0.1) is 0 Å². The molecule has 0 saturated carbocycles. The molecule has 0 aliphatic carbocycles. The SMILES string of the molecule is C[C@@H](Sc1nnc(-c2ccco2)o1)C(=O)Nc1ccc2[nH]c(=O)[nH]c2c1. The highest BCUT2D eigenvalue weighted by atomic mass is 32.2. The standard InChI is InChI=1S/C16H13N5O4S/c1-8(26-16-21-20-14(25-16)12-3-2-6-24-12)13(22)17-9-4-5-10-11(7-9)19-15(23)18-10/h2-8H,1H3,(H,17,22)(H2,18,19,23)/t8-/m1/s1. The summed E-state index contributed by atoms with van der Waals surface area (Å²) in [5, 5.41) is 10.4. The van der Waals surface area contributed by atoms with E-state index in [0.717, 1.165) is 11.8 Å². The zero-order chi connectivity index (χ0) is 18.1. The van der Waals surface area contributed by atoms with Gasteiger partial charge < -0.3 is 24.1 Å². The maximum atomic E-state index is 12.4. The molecule has 0 saturated heterocycles. The highest BCUT2D eigenvalue weighted by molar-refractivity contribution is 8.00. The van der Waals surface area contributed by atoms with Crippen LogP contribution in [-0.4, -0.2) is 31.3 Å². The lowest BCUT2D eigenvalue weighted by Crippen LogP contribution is -2.22. The number of hydrogen-bond donors (Lipinski definition) is 3. The number of carbonyl (C=O) groups is 1. The zero-order valence-corrected chi connectivity index (χ0v) is 14.3. The van der Waals surface area contributed by atoms with Crippen LogP contribution in [0.25, 0.3) is 22.7 Å². The lowest BCUT2D eigenvalue weighted by Gasteiger charge is -2.09. The number of anilines is 1. The van der Waals surface area contributed by atoms with Gasteiger partial charge in [0, 0.05) is 5.69 Å². The summed E-state index contributed by atoms with van der Waals surface area (Å²) in [6.45, 7) is 1.73. The molecule has 1 amide bonds. The molecule has 10 heteroatoms. The summed E-state index contributed by atoms with van der Waals surface area (Å²) in [5.41, 5.74) is 1.57. The Bertz CT molecular complexity index is 1110. The van der Waals surface area contributed by atoms with Gasteiger partial charge in [-0.2, -0.15) is 0 Å². The first-order valence-corrected chi connectivity index (χ1v) is 8.53.